The fourth-order valence-electron chi connectivity index (χ4n) is 0.756. The highest BCUT2D eigenvalue weighted by atomic mass is 16.5. The third-order valence-corrected chi connectivity index (χ3v) is 1.61. The number of amides is 1. The molecule has 0 saturated heterocycles. The fourth-order valence-corrected chi connectivity index (χ4v) is 0.756. The van der Waals surface area contributed by atoms with Crippen molar-refractivity contribution >= 4 is 6.09 Å². The van der Waals surface area contributed by atoms with Gasteiger partial charge in [-0.05, 0) is 19.8 Å². The normalized spacial score (nSPS) is 12.2. The zero-order valence-corrected chi connectivity index (χ0v) is 8.51. The minimum absolute atomic E-state index is 0.0865. The van der Waals surface area contributed by atoms with Gasteiger partial charge in [-0.15, -0.1) is 0 Å². The molecule has 3 N–H and O–H groups in total. The summed E-state index contributed by atoms with van der Waals surface area (Å²) in [5, 5.41) is 2.66. The smallest absolute Gasteiger partial charge is 0.407 e. The molecule has 0 bridgehead atoms. The van der Waals surface area contributed by atoms with Crippen LogP contribution in [0.2, 0.25) is 0 Å². The van der Waals surface area contributed by atoms with Crippen LogP contribution in [0.5, 0.6) is 0 Å². The maximum absolute atomic E-state index is 10.9. The molecule has 0 aliphatic heterocycles. The number of unbranched alkanes of at least 4 members (excludes halogenated alkanes) is 1. The topological polar surface area (TPSA) is 64.3 Å². The Morgan fingerprint density at radius 1 is 1.62 bits per heavy atom. The number of nitrogens with one attached hydrogen (secondary N) is 1. The van der Waals surface area contributed by atoms with Gasteiger partial charge in [-0.25, -0.2) is 4.79 Å². The average Bonchev–Trinajstić information content (AvgIpc) is 2.04. The largest absolute Gasteiger partial charge is 0.450 e. The van der Waals surface area contributed by atoms with Crippen LogP contribution < -0.4 is 11.1 Å². The Bertz CT molecular complexity index is 138. The molecular formula is C9H20N2O2. The summed E-state index contributed by atoms with van der Waals surface area (Å²) in [6.07, 6.45) is 2.43. The van der Waals surface area contributed by atoms with E-state index >= 15 is 0 Å². The van der Waals surface area contributed by atoms with E-state index in [0.29, 0.717) is 19.6 Å². The van der Waals surface area contributed by atoms with Gasteiger partial charge >= 0.3 is 6.09 Å². The number of ether oxygens (including phenoxy) is 1. The van der Waals surface area contributed by atoms with Crippen LogP contribution in [0.3, 0.4) is 0 Å². The monoisotopic (exact) mass is 188 g/mol. The van der Waals surface area contributed by atoms with Gasteiger partial charge in [0.15, 0.2) is 0 Å². The van der Waals surface area contributed by atoms with Crippen LogP contribution in [0.25, 0.3) is 0 Å². The highest BCUT2D eigenvalue weighted by Crippen LogP contribution is 1.89. The van der Waals surface area contributed by atoms with E-state index in [4.69, 9.17) is 10.5 Å². The molecule has 0 saturated carbocycles. The van der Waals surface area contributed by atoms with Crippen LogP contribution in [-0.4, -0.2) is 25.3 Å². The van der Waals surface area contributed by atoms with Crippen molar-refractivity contribution in [3.05, 3.63) is 0 Å². The summed E-state index contributed by atoms with van der Waals surface area (Å²) >= 11 is 0. The standard InChI is InChI=1S/C9H20N2O2/c1-3-4-6-11-9(12)13-7-5-8(2)10/h8H,3-7,10H2,1-2H3,(H,11,12). The first-order valence-electron chi connectivity index (χ1n) is 4.83. The highest BCUT2D eigenvalue weighted by Gasteiger charge is 2.00. The molecule has 0 heterocycles. The number of hydrogen-bond acceptors (Lipinski definition) is 3. The van der Waals surface area contributed by atoms with Crippen molar-refractivity contribution in [3.63, 3.8) is 0 Å². The molecule has 0 aliphatic rings. The van der Waals surface area contributed by atoms with Crippen LogP contribution in [0.4, 0.5) is 4.79 Å². The molecule has 0 radical (unpaired) electrons. The summed E-state index contributed by atoms with van der Waals surface area (Å²) in [7, 11) is 0. The molecule has 0 aliphatic carbocycles. The lowest BCUT2D eigenvalue weighted by molar-refractivity contribution is 0.143. The van der Waals surface area contributed by atoms with E-state index < -0.39 is 0 Å². The summed E-state index contributed by atoms with van der Waals surface area (Å²) < 4.78 is 4.87. The molecule has 1 atom stereocenters. The second kappa shape index (κ2) is 7.86. The molecule has 78 valence electrons. The van der Waals surface area contributed by atoms with Crippen molar-refractivity contribution < 1.29 is 9.53 Å². The SMILES string of the molecule is CCCCNC(=O)OCCC(C)N. The Morgan fingerprint density at radius 3 is 2.85 bits per heavy atom. The van der Waals surface area contributed by atoms with Crippen molar-refractivity contribution in [1.82, 2.24) is 5.32 Å². The molecule has 0 rings (SSSR count). The third kappa shape index (κ3) is 9.14. The highest BCUT2D eigenvalue weighted by molar-refractivity contribution is 5.66. The molecule has 4 heteroatoms. The third-order valence-electron chi connectivity index (χ3n) is 1.61. The van der Waals surface area contributed by atoms with Gasteiger partial charge in [0.25, 0.3) is 0 Å². The lowest BCUT2D eigenvalue weighted by Crippen LogP contribution is -2.27. The van der Waals surface area contributed by atoms with Crippen LogP contribution in [0, 0.1) is 0 Å². The molecule has 13 heavy (non-hydrogen) atoms. The molecule has 0 aromatic rings. The molecule has 0 spiro atoms. The van der Waals surface area contributed by atoms with Crippen molar-refractivity contribution in [2.45, 2.75) is 39.2 Å². The quantitative estimate of drug-likeness (QED) is 0.616. The van der Waals surface area contributed by atoms with Gasteiger partial charge in [0.1, 0.15) is 0 Å². The molecule has 0 fully saturated rings. The number of alkyl carbamates (subject to hydrolysis) is 1. The van der Waals surface area contributed by atoms with Crippen LogP contribution in [-0.2, 0) is 4.74 Å². The van der Waals surface area contributed by atoms with Crippen LogP contribution in [0.1, 0.15) is 33.1 Å². The predicted molar refractivity (Wildman–Crippen MR) is 52.5 cm³/mol. The van der Waals surface area contributed by atoms with Crippen molar-refractivity contribution in [3.8, 4) is 0 Å². The second-order valence-electron chi connectivity index (χ2n) is 3.18. The second-order valence-corrected chi connectivity index (χ2v) is 3.18. The van der Waals surface area contributed by atoms with Gasteiger partial charge in [-0.2, -0.15) is 0 Å². The van der Waals surface area contributed by atoms with Gasteiger partial charge in [0, 0.05) is 12.6 Å². The Kier molecular flexibility index (Phi) is 7.39. The molecule has 1 amide bonds. The van der Waals surface area contributed by atoms with Gasteiger partial charge in [-0.1, -0.05) is 13.3 Å². The van der Waals surface area contributed by atoms with Gasteiger partial charge in [0.2, 0.25) is 0 Å². The lowest BCUT2D eigenvalue weighted by atomic mass is 10.3. The fraction of sp³-hybridized carbons (Fsp3) is 0.889. The van der Waals surface area contributed by atoms with Gasteiger partial charge in [-0.3, -0.25) is 0 Å². The summed E-state index contributed by atoms with van der Waals surface area (Å²) in [6, 6.07) is 0.0865. The minimum Gasteiger partial charge on any atom is -0.450 e. The van der Waals surface area contributed by atoms with E-state index in [0.717, 1.165) is 12.8 Å². The maximum Gasteiger partial charge on any atom is 0.407 e. The molecule has 1 unspecified atom stereocenters. The summed E-state index contributed by atoms with van der Waals surface area (Å²) in [5.74, 6) is 0. The number of nitrogens with two attached hydrogens (primary N) is 1. The summed E-state index contributed by atoms with van der Waals surface area (Å²) in [4.78, 5) is 10.9. The van der Waals surface area contributed by atoms with Crippen LogP contribution in [0.15, 0.2) is 0 Å². The van der Waals surface area contributed by atoms with Crippen LogP contribution >= 0.6 is 0 Å². The van der Waals surface area contributed by atoms with E-state index in [-0.39, 0.29) is 12.1 Å². The maximum atomic E-state index is 10.9. The summed E-state index contributed by atoms with van der Waals surface area (Å²) in [5.41, 5.74) is 5.49. The predicted octanol–water partition coefficient (Wildman–Crippen LogP) is 1.25. The Balaban J connectivity index is 3.20. The number of carbonyl (C=O) groups is 1. The first-order chi connectivity index (χ1) is 6.16. The van der Waals surface area contributed by atoms with Gasteiger partial charge in [0.05, 0.1) is 6.61 Å². The molecule has 4 nitrogen and oxygen atoms in total. The summed E-state index contributed by atoms with van der Waals surface area (Å²) in [6.45, 7) is 5.05. The average molecular weight is 188 g/mol. The molecular weight excluding hydrogens is 168 g/mol. The number of carbonyl (C=O) groups excluding carboxylic acids is 1. The minimum atomic E-state index is -0.339. The Labute approximate surface area is 79.8 Å². The van der Waals surface area contributed by atoms with E-state index in [1.54, 1.807) is 0 Å². The Hall–Kier alpha value is -0.770. The first kappa shape index (κ1) is 12.2. The zero-order chi connectivity index (χ0) is 10.1. The van der Waals surface area contributed by atoms with E-state index in [2.05, 4.69) is 12.2 Å². The van der Waals surface area contributed by atoms with E-state index in [1.807, 2.05) is 6.92 Å². The zero-order valence-electron chi connectivity index (χ0n) is 8.51. The number of hydrogen-bond donors (Lipinski definition) is 2. The van der Waals surface area contributed by atoms with Gasteiger partial charge < -0.3 is 15.8 Å². The molecule has 0 aromatic carbocycles. The first-order valence-corrected chi connectivity index (χ1v) is 4.83. The van der Waals surface area contributed by atoms with E-state index in [9.17, 15) is 4.79 Å². The van der Waals surface area contributed by atoms with Crippen molar-refractivity contribution in [1.29, 1.82) is 0 Å². The van der Waals surface area contributed by atoms with E-state index in [1.165, 1.54) is 0 Å². The number of rotatable bonds is 6. The lowest BCUT2D eigenvalue weighted by Gasteiger charge is -2.07. The van der Waals surface area contributed by atoms with Crippen molar-refractivity contribution in [2.24, 2.45) is 5.73 Å². The van der Waals surface area contributed by atoms with Crippen molar-refractivity contribution in [2.75, 3.05) is 13.2 Å². The molecule has 0 aromatic heterocycles. The Morgan fingerprint density at radius 2 is 2.31 bits per heavy atom.